The monoisotopic (exact) mass is 361 g/mol. The lowest BCUT2D eigenvalue weighted by molar-refractivity contribution is 0.626. The molecule has 3 rings (SSSR count). The summed E-state index contributed by atoms with van der Waals surface area (Å²) in [6, 6.07) is 14.8. The fourth-order valence-corrected chi connectivity index (χ4v) is 3.64. The summed E-state index contributed by atoms with van der Waals surface area (Å²) in [7, 11) is 0. The Balaban J connectivity index is 1.91. The van der Waals surface area contributed by atoms with Crippen LogP contribution in [0.5, 0.6) is 0 Å². The lowest BCUT2D eigenvalue weighted by Crippen LogP contribution is -1.88. The molecule has 4 heteroatoms. The van der Waals surface area contributed by atoms with Crippen LogP contribution in [0.15, 0.2) is 53.0 Å². The van der Waals surface area contributed by atoms with E-state index in [-0.39, 0.29) is 5.82 Å². The fourth-order valence-electron chi connectivity index (χ4n) is 2.25. The van der Waals surface area contributed by atoms with Gasteiger partial charge in [0.2, 0.25) is 0 Å². The molecule has 1 heterocycles. The van der Waals surface area contributed by atoms with Crippen LogP contribution >= 0.6 is 27.3 Å². The molecule has 0 amide bonds. The highest BCUT2D eigenvalue weighted by Gasteiger charge is 2.10. The maximum atomic E-state index is 13.2. The zero-order valence-electron chi connectivity index (χ0n) is 11.4. The van der Waals surface area contributed by atoms with Crippen LogP contribution < -0.4 is 0 Å². The lowest BCUT2D eigenvalue weighted by Gasteiger charge is -1.99. The van der Waals surface area contributed by atoms with Crippen molar-refractivity contribution in [2.45, 2.75) is 13.3 Å². The third-order valence-corrected chi connectivity index (χ3v) is 4.65. The van der Waals surface area contributed by atoms with Crippen LogP contribution in [0.4, 0.5) is 4.39 Å². The molecule has 1 nitrogen and oxygen atoms in total. The molecule has 0 spiro atoms. The number of hydrogen-bond donors (Lipinski definition) is 0. The van der Waals surface area contributed by atoms with E-state index in [1.807, 2.05) is 18.2 Å². The predicted octanol–water partition coefficient (Wildman–Crippen LogP) is 5.61. The molecule has 1 aromatic heterocycles. The molecule has 0 atom stereocenters. The molecule has 0 saturated heterocycles. The third-order valence-electron chi connectivity index (χ3n) is 3.18. The number of thiazole rings is 1. The van der Waals surface area contributed by atoms with Crippen molar-refractivity contribution in [1.82, 2.24) is 4.98 Å². The van der Waals surface area contributed by atoms with E-state index in [1.165, 1.54) is 10.9 Å². The van der Waals surface area contributed by atoms with Crippen LogP contribution in [-0.4, -0.2) is 4.98 Å². The molecular formula is C17H13BrFNS. The van der Waals surface area contributed by atoms with Crippen LogP contribution in [0.25, 0.3) is 11.3 Å². The summed E-state index contributed by atoms with van der Waals surface area (Å²) in [5.41, 5.74) is 3.06. The van der Waals surface area contributed by atoms with Gasteiger partial charge >= 0.3 is 0 Å². The normalized spacial score (nSPS) is 10.8. The van der Waals surface area contributed by atoms with Gasteiger partial charge in [-0.25, -0.2) is 9.37 Å². The van der Waals surface area contributed by atoms with E-state index in [4.69, 9.17) is 4.98 Å². The van der Waals surface area contributed by atoms with Gasteiger partial charge in [0.05, 0.1) is 10.7 Å². The molecule has 106 valence electrons. The van der Waals surface area contributed by atoms with E-state index >= 15 is 0 Å². The molecule has 2 aromatic carbocycles. The predicted molar refractivity (Wildman–Crippen MR) is 89.2 cm³/mol. The molecule has 0 aliphatic carbocycles. The summed E-state index contributed by atoms with van der Waals surface area (Å²) in [5.74, 6) is -0.201. The Hall–Kier alpha value is -1.52. The third kappa shape index (κ3) is 3.39. The molecule has 0 saturated carbocycles. The maximum absolute atomic E-state index is 13.2. The van der Waals surface area contributed by atoms with E-state index in [0.29, 0.717) is 6.42 Å². The minimum atomic E-state index is -0.201. The largest absolute Gasteiger partial charge is 0.241 e. The summed E-state index contributed by atoms with van der Waals surface area (Å²) < 4.78 is 14.3. The summed E-state index contributed by atoms with van der Waals surface area (Å²) in [6.45, 7) is 2.07. The van der Waals surface area contributed by atoms with Crippen LogP contribution in [-0.2, 0) is 6.42 Å². The van der Waals surface area contributed by atoms with Crippen molar-refractivity contribution in [2.24, 2.45) is 0 Å². The number of aryl methyl sites for hydroxylation is 1. The van der Waals surface area contributed by atoms with Crippen molar-refractivity contribution < 1.29 is 4.39 Å². The Morgan fingerprint density at radius 3 is 2.71 bits per heavy atom. The van der Waals surface area contributed by atoms with E-state index in [1.54, 1.807) is 23.5 Å². The minimum absolute atomic E-state index is 0.201. The molecular weight excluding hydrogens is 349 g/mol. The second kappa shape index (κ2) is 6.08. The molecule has 0 N–H and O–H groups in total. The van der Waals surface area contributed by atoms with Gasteiger partial charge in [0, 0.05) is 21.3 Å². The number of hydrogen-bond acceptors (Lipinski definition) is 2. The van der Waals surface area contributed by atoms with Gasteiger partial charge in [0.15, 0.2) is 0 Å². The van der Waals surface area contributed by atoms with Gasteiger partial charge in [-0.1, -0.05) is 40.2 Å². The van der Waals surface area contributed by atoms with Gasteiger partial charge in [0.1, 0.15) is 5.82 Å². The first-order chi connectivity index (χ1) is 10.1. The highest BCUT2D eigenvalue weighted by molar-refractivity contribution is 9.10. The molecule has 0 fully saturated rings. The Morgan fingerprint density at radius 1 is 1.14 bits per heavy atom. The van der Waals surface area contributed by atoms with E-state index in [2.05, 4.69) is 35.0 Å². The average Bonchev–Trinajstić information content (AvgIpc) is 2.79. The number of aromatic nitrogens is 1. The smallest absolute Gasteiger partial charge is 0.123 e. The Labute approximate surface area is 135 Å². The van der Waals surface area contributed by atoms with Crippen LogP contribution in [0.1, 0.15) is 15.4 Å². The van der Waals surface area contributed by atoms with Crippen molar-refractivity contribution in [1.29, 1.82) is 0 Å². The molecule has 0 aliphatic rings. The number of benzene rings is 2. The van der Waals surface area contributed by atoms with Crippen molar-refractivity contribution in [2.75, 3.05) is 0 Å². The second-order valence-electron chi connectivity index (χ2n) is 4.83. The van der Waals surface area contributed by atoms with Crippen molar-refractivity contribution in [3.63, 3.8) is 0 Å². The molecule has 3 aromatic rings. The first kappa shape index (κ1) is 14.4. The summed E-state index contributed by atoms with van der Waals surface area (Å²) in [6.07, 6.45) is 0.664. The summed E-state index contributed by atoms with van der Waals surface area (Å²) in [5, 5.41) is 1.01. The van der Waals surface area contributed by atoms with Gasteiger partial charge in [-0.3, -0.25) is 0 Å². The van der Waals surface area contributed by atoms with Crippen LogP contribution in [0.2, 0.25) is 0 Å². The van der Waals surface area contributed by atoms with Gasteiger partial charge in [-0.15, -0.1) is 11.3 Å². The molecule has 21 heavy (non-hydrogen) atoms. The van der Waals surface area contributed by atoms with Crippen LogP contribution in [0, 0.1) is 12.7 Å². The Bertz CT molecular complexity index is 782. The molecule has 0 unspecified atom stereocenters. The Kier molecular flexibility index (Phi) is 4.17. The number of rotatable bonds is 3. The van der Waals surface area contributed by atoms with Crippen molar-refractivity contribution >= 4 is 27.3 Å². The molecule has 0 aliphatic heterocycles. The molecule has 0 radical (unpaired) electrons. The lowest BCUT2D eigenvalue weighted by atomic mass is 10.1. The van der Waals surface area contributed by atoms with E-state index < -0.39 is 0 Å². The van der Waals surface area contributed by atoms with Gasteiger partial charge in [-0.2, -0.15) is 0 Å². The van der Waals surface area contributed by atoms with Crippen molar-refractivity contribution in [3.05, 3.63) is 74.3 Å². The highest BCUT2D eigenvalue weighted by Crippen LogP contribution is 2.30. The van der Waals surface area contributed by atoms with E-state index in [9.17, 15) is 4.39 Å². The SMILES string of the molecule is Cc1sc(Cc2cccc(F)c2)nc1-c1cccc(Br)c1. The minimum Gasteiger partial charge on any atom is -0.241 e. The van der Waals surface area contributed by atoms with E-state index in [0.717, 1.165) is 26.3 Å². The summed E-state index contributed by atoms with van der Waals surface area (Å²) >= 11 is 5.15. The topological polar surface area (TPSA) is 12.9 Å². The zero-order chi connectivity index (χ0) is 14.8. The summed E-state index contributed by atoms with van der Waals surface area (Å²) in [4.78, 5) is 5.90. The maximum Gasteiger partial charge on any atom is 0.123 e. The second-order valence-corrected chi connectivity index (χ2v) is 7.03. The highest BCUT2D eigenvalue weighted by atomic mass is 79.9. The standard InChI is InChI=1S/C17H13BrFNS/c1-11-17(13-5-3-6-14(18)10-13)20-16(21-11)9-12-4-2-7-15(19)8-12/h2-8,10H,9H2,1H3. The van der Waals surface area contributed by atoms with Crippen molar-refractivity contribution in [3.8, 4) is 11.3 Å². The number of halogens is 2. The van der Waals surface area contributed by atoms with Gasteiger partial charge in [-0.05, 0) is 36.8 Å². The van der Waals surface area contributed by atoms with Crippen LogP contribution in [0.3, 0.4) is 0 Å². The first-order valence-electron chi connectivity index (χ1n) is 6.58. The Morgan fingerprint density at radius 2 is 1.95 bits per heavy atom. The molecule has 0 bridgehead atoms. The van der Waals surface area contributed by atoms with Gasteiger partial charge < -0.3 is 0 Å². The zero-order valence-corrected chi connectivity index (χ0v) is 13.8. The average molecular weight is 362 g/mol. The fraction of sp³-hybridized carbons (Fsp3) is 0.118. The number of nitrogens with zero attached hydrogens (tertiary/aromatic N) is 1. The quantitative estimate of drug-likeness (QED) is 0.590. The first-order valence-corrected chi connectivity index (χ1v) is 8.19. The van der Waals surface area contributed by atoms with Gasteiger partial charge in [0.25, 0.3) is 0 Å².